The number of rotatable bonds is 6. The molecule has 2 rings (SSSR count). The molecule has 0 unspecified atom stereocenters. The molecule has 0 aliphatic heterocycles. The number of nitrogens with zero attached hydrogens (tertiary/aromatic N) is 3. The van der Waals surface area contributed by atoms with Crippen LogP contribution in [-0.4, -0.2) is 21.6 Å². The van der Waals surface area contributed by atoms with Crippen molar-refractivity contribution in [3.63, 3.8) is 0 Å². The average molecular weight is 355 g/mol. The fraction of sp³-hybridized carbons (Fsp3) is 0.412. The van der Waals surface area contributed by atoms with E-state index in [2.05, 4.69) is 10.1 Å². The van der Waals surface area contributed by atoms with E-state index in [1.54, 1.807) is 16.3 Å². The van der Waals surface area contributed by atoms with E-state index < -0.39 is 11.7 Å². The molecule has 1 heterocycles. The van der Waals surface area contributed by atoms with Crippen LogP contribution >= 0.6 is 11.8 Å². The number of alkyl halides is 3. The lowest BCUT2D eigenvalue weighted by molar-refractivity contribution is -0.137. The van der Waals surface area contributed by atoms with Gasteiger partial charge in [-0.15, -0.1) is 11.8 Å². The van der Waals surface area contributed by atoms with Crippen molar-refractivity contribution in [3.8, 4) is 0 Å². The summed E-state index contributed by atoms with van der Waals surface area (Å²) in [7, 11) is 0. The summed E-state index contributed by atoms with van der Waals surface area (Å²) >= 11 is 1.49. The first kappa shape index (κ1) is 18.6. The number of halogens is 3. The second-order valence-corrected chi connectivity index (χ2v) is 6.44. The van der Waals surface area contributed by atoms with Crippen LogP contribution in [0.3, 0.4) is 0 Å². The largest absolute Gasteiger partial charge is 0.416 e. The van der Waals surface area contributed by atoms with Crippen molar-refractivity contribution < 1.29 is 13.2 Å². The molecule has 24 heavy (non-hydrogen) atoms. The fourth-order valence-electron chi connectivity index (χ4n) is 2.28. The Hall–Kier alpha value is -1.76. The van der Waals surface area contributed by atoms with E-state index in [0.717, 1.165) is 17.5 Å². The van der Waals surface area contributed by atoms with Gasteiger partial charge in [-0.2, -0.15) is 18.3 Å². The number of hydrogen-bond donors (Lipinski definition) is 0. The van der Waals surface area contributed by atoms with Gasteiger partial charge < -0.3 is 0 Å². The lowest BCUT2D eigenvalue weighted by Crippen LogP contribution is -2.07. The normalized spacial score (nSPS) is 12.5. The smallest absolute Gasteiger partial charge is 0.263 e. The van der Waals surface area contributed by atoms with Crippen LogP contribution in [0.15, 0.2) is 35.3 Å². The molecule has 0 atom stereocenters. The maximum atomic E-state index is 12.9. The molecule has 1 aromatic carbocycles. The zero-order chi connectivity index (χ0) is 17.7. The molecule has 0 fully saturated rings. The van der Waals surface area contributed by atoms with Crippen LogP contribution in [0.25, 0.3) is 0 Å². The molecule has 0 saturated carbocycles. The molecular formula is C17H20F3N3S. The van der Waals surface area contributed by atoms with Crippen LogP contribution < -0.4 is 0 Å². The van der Waals surface area contributed by atoms with Crippen LogP contribution in [0, 0.1) is 0 Å². The summed E-state index contributed by atoms with van der Waals surface area (Å²) in [6.45, 7) is 4.43. The van der Waals surface area contributed by atoms with Gasteiger partial charge in [0.1, 0.15) is 6.67 Å². The maximum absolute atomic E-state index is 12.9. The van der Waals surface area contributed by atoms with Crippen LogP contribution in [0.5, 0.6) is 0 Å². The van der Waals surface area contributed by atoms with Gasteiger partial charge >= 0.3 is 6.18 Å². The van der Waals surface area contributed by atoms with Gasteiger partial charge in [0.05, 0.1) is 16.8 Å². The van der Waals surface area contributed by atoms with Gasteiger partial charge in [-0.25, -0.2) is 4.68 Å². The summed E-state index contributed by atoms with van der Waals surface area (Å²) in [6, 6.07) is 7.36. The molecule has 130 valence electrons. The number of hydrogen-bond acceptors (Lipinski definition) is 3. The molecular weight excluding hydrogens is 335 g/mol. The maximum Gasteiger partial charge on any atom is 0.416 e. The van der Waals surface area contributed by atoms with E-state index in [-0.39, 0.29) is 5.92 Å². The molecule has 0 aliphatic rings. The standard InChI is InChI=1S/C17H20F3N3S/c1-12(2)16-9-15(23(22-16)10-21-11-24-3)8-13-5-4-6-14(7-13)17(18,19)20/h4-7,9,11-12H,8,10H2,1-3H3/b21-11+. The third-order valence-corrected chi connectivity index (χ3v) is 3.87. The molecule has 0 saturated heterocycles. The van der Waals surface area contributed by atoms with Crippen molar-refractivity contribution in [2.45, 2.75) is 39.0 Å². The lowest BCUT2D eigenvalue weighted by Gasteiger charge is -2.09. The summed E-state index contributed by atoms with van der Waals surface area (Å²) in [5.74, 6) is 0.246. The Morgan fingerprint density at radius 3 is 2.67 bits per heavy atom. The minimum Gasteiger partial charge on any atom is -0.263 e. The van der Waals surface area contributed by atoms with E-state index in [0.29, 0.717) is 18.7 Å². The highest BCUT2D eigenvalue weighted by Crippen LogP contribution is 2.30. The Balaban J connectivity index is 2.29. The predicted octanol–water partition coefficient (Wildman–Crippen LogP) is 4.96. The summed E-state index contributed by atoms with van der Waals surface area (Å²) in [5.41, 5.74) is 3.48. The zero-order valence-electron chi connectivity index (χ0n) is 13.8. The van der Waals surface area contributed by atoms with Gasteiger partial charge in [0.25, 0.3) is 0 Å². The van der Waals surface area contributed by atoms with Gasteiger partial charge in [0.15, 0.2) is 0 Å². The van der Waals surface area contributed by atoms with Crippen molar-refractivity contribution >= 4 is 17.3 Å². The summed E-state index contributed by atoms with van der Waals surface area (Å²) < 4.78 is 40.3. The highest BCUT2D eigenvalue weighted by atomic mass is 32.2. The molecule has 0 spiro atoms. The second-order valence-electron chi connectivity index (χ2n) is 5.75. The molecule has 0 radical (unpaired) electrons. The molecule has 0 N–H and O–H groups in total. The lowest BCUT2D eigenvalue weighted by atomic mass is 10.0. The summed E-state index contributed by atoms with van der Waals surface area (Å²) in [4.78, 5) is 4.25. The number of benzene rings is 1. The molecule has 7 heteroatoms. The van der Waals surface area contributed by atoms with Gasteiger partial charge in [-0.1, -0.05) is 32.0 Å². The minimum atomic E-state index is -4.33. The molecule has 1 aromatic heterocycles. The zero-order valence-corrected chi connectivity index (χ0v) is 14.7. The number of thioether (sulfide) groups is 1. The monoisotopic (exact) mass is 355 g/mol. The Bertz CT molecular complexity index is 705. The van der Waals surface area contributed by atoms with Crippen LogP contribution in [0.2, 0.25) is 0 Å². The minimum absolute atomic E-state index is 0.246. The van der Waals surface area contributed by atoms with Crippen LogP contribution in [0.1, 0.15) is 42.3 Å². The molecule has 2 aromatic rings. The molecule has 0 aliphatic carbocycles. The van der Waals surface area contributed by atoms with Crippen LogP contribution in [0.4, 0.5) is 13.2 Å². The second kappa shape index (κ2) is 7.88. The molecule has 0 amide bonds. The first-order valence-electron chi connectivity index (χ1n) is 7.55. The van der Waals surface area contributed by atoms with Crippen molar-refractivity contribution in [1.82, 2.24) is 9.78 Å². The Labute approximate surface area is 144 Å². The van der Waals surface area contributed by atoms with E-state index in [9.17, 15) is 13.2 Å². The topological polar surface area (TPSA) is 30.2 Å². The highest BCUT2D eigenvalue weighted by Gasteiger charge is 2.30. The predicted molar refractivity (Wildman–Crippen MR) is 92.6 cm³/mol. The number of aliphatic imine (C=N–C) groups is 1. The molecule has 3 nitrogen and oxygen atoms in total. The van der Waals surface area contributed by atoms with Gasteiger partial charge in [0.2, 0.25) is 0 Å². The van der Waals surface area contributed by atoms with Crippen LogP contribution in [-0.2, 0) is 19.3 Å². The van der Waals surface area contributed by atoms with Crippen molar-refractivity contribution in [3.05, 3.63) is 52.8 Å². The molecule has 0 bridgehead atoms. The van der Waals surface area contributed by atoms with Crippen molar-refractivity contribution in [2.24, 2.45) is 4.99 Å². The van der Waals surface area contributed by atoms with Gasteiger partial charge in [-0.3, -0.25) is 4.99 Å². The quantitative estimate of drug-likeness (QED) is 0.541. The van der Waals surface area contributed by atoms with E-state index in [1.807, 2.05) is 26.2 Å². The third kappa shape index (κ3) is 4.87. The Morgan fingerprint density at radius 2 is 2.04 bits per heavy atom. The van der Waals surface area contributed by atoms with E-state index in [4.69, 9.17) is 0 Å². The van der Waals surface area contributed by atoms with E-state index in [1.165, 1.54) is 23.9 Å². The van der Waals surface area contributed by atoms with Gasteiger partial charge in [-0.05, 0) is 29.9 Å². The number of aromatic nitrogens is 2. The first-order chi connectivity index (χ1) is 11.3. The Morgan fingerprint density at radius 1 is 1.29 bits per heavy atom. The summed E-state index contributed by atoms with van der Waals surface area (Å²) in [5, 5.41) is 4.52. The fourth-order valence-corrected chi connectivity index (χ4v) is 2.49. The third-order valence-electron chi connectivity index (χ3n) is 3.51. The average Bonchev–Trinajstić information content (AvgIpc) is 2.90. The SMILES string of the molecule is CS/C=N/Cn1nc(C(C)C)cc1Cc1cccc(C(F)(F)F)c1. The van der Waals surface area contributed by atoms with Gasteiger partial charge in [0, 0.05) is 12.1 Å². The Kier molecular flexibility index (Phi) is 6.10. The van der Waals surface area contributed by atoms with E-state index >= 15 is 0 Å². The summed E-state index contributed by atoms with van der Waals surface area (Å²) in [6.07, 6.45) is -2.03. The van der Waals surface area contributed by atoms with Crippen molar-refractivity contribution in [1.29, 1.82) is 0 Å². The van der Waals surface area contributed by atoms with Crippen molar-refractivity contribution in [2.75, 3.05) is 6.26 Å². The first-order valence-corrected chi connectivity index (χ1v) is 8.84. The highest BCUT2D eigenvalue weighted by molar-refractivity contribution is 8.11.